The molecule has 0 fully saturated rings. The smallest absolute Gasteiger partial charge is 0.175 e. The Labute approximate surface area is 61.0 Å². The molecule has 1 heterocycles. The molecule has 0 unspecified atom stereocenters. The van der Waals surface area contributed by atoms with Crippen molar-refractivity contribution in [3.8, 4) is 0 Å². The largest absolute Gasteiger partial charge is 0.384 e. The number of nitrogens with one attached hydrogen (secondary N) is 1. The van der Waals surface area contributed by atoms with E-state index in [-0.39, 0.29) is 11.3 Å². The Balaban J connectivity index is 2.94. The summed E-state index contributed by atoms with van der Waals surface area (Å²) in [6, 6.07) is 0. The van der Waals surface area contributed by atoms with Crippen molar-refractivity contribution in [2.75, 3.05) is 5.75 Å². The van der Waals surface area contributed by atoms with Crippen LogP contribution in [-0.2, 0) is 9.84 Å². The van der Waals surface area contributed by atoms with Crippen molar-refractivity contribution >= 4 is 9.84 Å². The van der Waals surface area contributed by atoms with Crippen LogP contribution in [0.5, 0.6) is 0 Å². The second-order valence-corrected chi connectivity index (χ2v) is 5.02. The molecule has 1 aliphatic heterocycles. The molecule has 0 aliphatic carbocycles. The summed E-state index contributed by atoms with van der Waals surface area (Å²) in [6.45, 7) is 3.71. The van der Waals surface area contributed by atoms with Crippen molar-refractivity contribution in [3.63, 3.8) is 0 Å². The maximum Gasteiger partial charge on any atom is 0.175 e. The first-order valence-corrected chi connectivity index (χ1v) is 4.80. The minimum Gasteiger partial charge on any atom is -0.384 e. The average molecular weight is 161 g/mol. The average Bonchev–Trinajstić information content (AvgIpc) is 1.56. The maximum absolute atomic E-state index is 10.9. The summed E-state index contributed by atoms with van der Waals surface area (Å²) in [6.07, 6.45) is 1.48. The molecular weight excluding hydrogens is 150 g/mol. The molecule has 4 heteroatoms. The molecule has 0 bridgehead atoms. The zero-order valence-electron chi connectivity index (χ0n) is 6.09. The second kappa shape index (κ2) is 1.99. The van der Waals surface area contributed by atoms with Crippen LogP contribution in [0.3, 0.4) is 0 Å². The number of hydrogen-bond acceptors (Lipinski definition) is 3. The fraction of sp³-hybridized carbons (Fsp3) is 0.667. The van der Waals surface area contributed by atoms with Crippen molar-refractivity contribution < 1.29 is 8.42 Å². The Morgan fingerprint density at radius 3 is 2.40 bits per heavy atom. The first-order chi connectivity index (χ1) is 4.41. The third-order valence-electron chi connectivity index (χ3n) is 1.31. The first kappa shape index (κ1) is 7.60. The summed E-state index contributed by atoms with van der Waals surface area (Å²) in [5, 5.41) is 4.16. The standard InChI is InChI=1S/C6H11NO2S/c1-6(2)5-10(8,9)4-3-7-6/h3-4,7H,5H2,1-2H3. The third-order valence-corrected chi connectivity index (χ3v) is 2.99. The van der Waals surface area contributed by atoms with E-state index in [1.807, 2.05) is 13.8 Å². The highest BCUT2D eigenvalue weighted by atomic mass is 32.2. The highest BCUT2D eigenvalue weighted by Crippen LogP contribution is 2.12. The van der Waals surface area contributed by atoms with Crippen LogP contribution in [-0.4, -0.2) is 19.7 Å². The topological polar surface area (TPSA) is 46.2 Å². The number of hydrogen-bond donors (Lipinski definition) is 1. The van der Waals surface area contributed by atoms with Gasteiger partial charge in [0.05, 0.1) is 5.75 Å². The molecule has 0 aromatic carbocycles. The van der Waals surface area contributed by atoms with E-state index in [0.29, 0.717) is 0 Å². The molecule has 0 aromatic rings. The van der Waals surface area contributed by atoms with Crippen molar-refractivity contribution in [2.45, 2.75) is 19.4 Å². The molecule has 0 amide bonds. The summed E-state index contributed by atoms with van der Waals surface area (Å²) in [4.78, 5) is 0. The van der Waals surface area contributed by atoms with Crippen LogP contribution < -0.4 is 5.32 Å². The van der Waals surface area contributed by atoms with Gasteiger partial charge in [-0.25, -0.2) is 8.42 Å². The Morgan fingerprint density at radius 2 is 2.10 bits per heavy atom. The van der Waals surface area contributed by atoms with Crippen LogP contribution in [0.2, 0.25) is 0 Å². The molecule has 1 rings (SSSR count). The van der Waals surface area contributed by atoms with Gasteiger partial charge in [0.25, 0.3) is 0 Å². The van der Waals surface area contributed by atoms with Crippen LogP contribution >= 0.6 is 0 Å². The zero-order valence-corrected chi connectivity index (χ0v) is 6.90. The monoisotopic (exact) mass is 161 g/mol. The lowest BCUT2D eigenvalue weighted by molar-refractivity contribution is 0.477. The molecule has 0 saturated heterocycles. The molecule has 1 aliphatic rings. The molecule has 3 nitrogen and oxygen atoms in total. The minimum absolute atomic E-state index is 0.177. The number of sulfone groups is 1. The lowest BCUT2D eigenvalue weighted by Gasteiger charge is -2.27. The van der Waals surface area contributed by atoms with Gasteiger partial charge in [0.15, 0.2) is 9.84 Å². The highest BCUT2D eigenvalue weighted by Gasteiger charge is 2.26. The quantitative estimate of drug-likeness (QED) is 0.554. The summed E-state index contributed by atoms with van der Waals surface area (Å²) in [7, 11) is -2.93. The van der Waals surface area contributed by atoms with Crippen LogP contribution in [0, 0.1) is 0 Å². The van der Waals surface area contributed by atoms with Crippen LogP contribution in [0.15, 0.2) is 11.6 Å². The molecule has 0 atom stereocenters. The van der Waals surface area contributed by atoms with Gasteiger partial charge in [-0.05, 0) is 13.8 Å². The lowest BCUT2D eigenvalue weighted by Crippen LogP contribution is -2.44. The van der Waals surface area contributed by atoms with Gasteiger partial charge in [-0.15, -0.1) is 0 Å². The zero-order chi connectivity index (χ0) is 7.83. The molecule has 0 aromatic heterocycles. The maximum atomic E-state index is 10.9. The Hall–Kier alpha value is -0.510. The summed E-state index contributed by atoms with van der Waals surface area (Å²) in [5.41, 5.74) is -0.312. The van der Waals surface area contributed by atoms with E-state index >= 15 is 0 Å². The first-order valence-electron chi connectivity index (χ1n) is 3.08. The van der Waals surface area contributed by atoms with Crippen LogP contribution in [0.4, 0.5) is 0 Å². The Morgan fingerprint density at radius 1 is 1.50 bits per heavy atom. The minimum atomic E-state index is -2.93. The molecule has 1 N–H and O–H groups in total. The highest BCUT2D eigenvalue weighted by molar-refractivity contribution is 7.94. The third kappa shape index (κ3) is 1.73. The van der Waals surface area contributed by atoms with Gasteiger partial charge in [-0.2, -0.15) is 0 Å². The van der Waals surface area contributed by atoms with Gasteiger partial charge in [0.1, 0.15) is 0 Å². The predicted molar refractivity (Wildman–Crippen MR) is 40.1 cm³/mol. The van der Waals surface area contributed by atoms with Crippen molar-refractivity contribution in [1.82, 2.24) is 5.32 Å². The molecule has 10 heavy (non-hydrogen) atoms. The molecular formula is C6H11NO2S. The van der Waals surface area contributed by atoms with E-state index < -0.39 is 9.84 Å². The van der Waals surface area contributed by atoms with Crippen LogP contribution in [0.25, 0.3) is 0 Å². The van der Waals surface area contributed by atoms with Gasteiger partial charge in [0.2, 0.25) is 0 Å². The fourth-order valence-corrected chi connectivity index (χ4v) is 2.42. The van der Waals surface area contributed by atoms with Crippen LogP contribution in [0.1, 0.15) is 13.8 Å². The normalized spacial score (nSPS) is 27.4. The molecule has 0 spiro atoms. The van der Waals surface area contributed by atoms with E-state index in [2.05, 4.69) is 5.32 Å². The number of rotatable bonds is 0. The Bertz CT molecular complexity index is 251. The van der Waals surface area contributed by atoms with Gasteiger partial charge >= 0.3 is 0 Å². The van der Waals surface area contributed by atoms with Crippen molar-refractivity contribution in [3.05, 3.63) is 11.6 Å². The Kier molecular flexibility index (Phi) is 1.51. The van der Waals surface area contributed by atoms with E-state index in [1.54, 1.807) is 0 Å². The predicted octanol–water partition coefficient (Wildman–Crippen LogP) is 0.254. The second-order valence-electron chi connectivity index (χ2n) is 3.14. The van der Waals surface area contributed by atoms with Crippen molar-refractivity contribution in [2.24, 2.45) is 0 Å². The van der Waals surface area contributed by atoms with Crippen molar-refractivity contribution in [1.29, 1.82) is 0 Å². The van der Waals surface area contributed by atoms with E-state index in [1.165, 1.54) is 11.6 Å². The van der Waals surface area contributed by atoms with E-state index in [9.17, 15) is 8.42 Å². The summed E-state index contributed by atoms with van der Waals surface area (Å²) < 4.78 is 21.9. The summed E-state index contributed by atoms with van der Waals surface area (Å²) >= 11 is 0. The van der Waals surface area contributed by atoms with E-state index in [4.69, 9.17) is 0 Å². The SMILES string of the molecule is CC1(C)CS(=O)(=O)C=CN1. The lowest BCUT2D eigenvalue weighted by atomic mass is 10.1. The molecule has 0 radical (unpaired) electrons. The van der Waals surface area contributed by atoms with Gasteiger partial charge in [-0.1, -0.05) is 0 Å². The fourth-order valence-electron chi connectivity index (χ4n) is 0.956. The molecule has 0 saturated carbocycles. The molecule has 58 valence electrons. The van der Waals surface area contributed by atoms with Gasteiger partial charge in [0, 0.05) is 17.1 Å². The summed E-state index contributed by atoms with van der Waals surface area (Å²) in [5.74, 6) is 0.177. The van der Waals surface area contributed by atoms with Gasteiger partial charge in [-0.3, -0.25) is 0 Å². The van der Waals surface area contributed by atoms with E-state index in [0.717, 1.165) is 0 Å². The van der Waals surface area contributed by atoms with Gasteiger partial charge < -0.3 is 5.32 Å².